The number of methoxy groups -OCH3 is 2. The summed E-state index contributed by atoms with van der Waals surface area (Å²) in [5, 5.41) is 21.6. The quantitative estimate of drug-likeness (QED) is 0.00528. The highest BCUT2D eigenvalue weighted by atomic mass is 127. The molecular formula is C66H99IN14O16. The Labute approximate surface area is 581 Å². The van der Waals surface area contributed by atoms with Crippen LogP contribution in [-0.2, 0) is 75.2 Å². The average molecular weight is 1470 g/mol. The molecule has 2 heterocycles. The fourth-order valence-corrected chi connectivity index (χ4v) is 12.8. The van der Waals surface area contributed by atoms with E-state index < -0.39 is 132 Å². The van der Waals surface area contributed by atoms with E-state index in [1.807, 2.05) is 42.1 Å². The van der Waals surface area contributed by atoms with Crippen molar-refractivity contribution in [1.29, 1.82) is 0 Å². The number of nitrogens with two attached hydrogens (primary N) is 1. The minimum atomic E-state index is -1.38. The number of hydrogen-bond donors (Lipinski definition) is 9. The van der Waals surface area contributed by atoms with Crippen LogP contribution in [0.1, 0.15) is 125 Å². The number of anilines is 1. The van der Waals surface area contributed by atoms with Crippen molar-refractivity contribution in [2.45, 2.75) is 181 Å². The molecule has 5 unspecified atom stereocenters. The molecule has 31 heteroatoms. The maximum absolute atomic E-state index is 14.8. The number of likely N-dealkylation sites (N-methyl/N-ethyl adjacent to an activating group) is 1. The lowest BCUT2D eigenvalue weighted by molar-refractivity contribution is -0.144. The van der Waals surface area contributed by atoms with Gasteiger partial charge in [0.15, 0.2) is 6.17 Å². The Balaban J connectivity index is 1.39. The zero-order valence-electron chi connectivity index (χ0n) is 57.6. The maximum Gasteiger partial charge on any atom is 0.410 e. The average Bonchev–Trinajstić information content (AvgIpc) is 1.77. The molecule has 30 nitrogen and oxygen atoms in total. The summed E-state index contributed by atoms with van der Waals surface area (Å²) in [6.45, 7) is 16.3. The number of nitrogens with zero attached hydrogens (tertiary/aromatic N) is 5. The minimum Gasteiger partial charge on any atom is -0.445 e. The molecule has 0 aromatic heterocycles. The summed E-state index contributed by atoms with van der Waals surface area (Å²) in [6.07, 6.45) is 1.60. The number of likely N-dealkylation sites (tertiary alicyclic amines) is 1. The van der Waals surface area contributed by atoms with E-state index in [0.29, 0.717) is 56.2 Å². The van der Waals surface area contributed by atoms with Gasteiger partial charge in [-0.05, 0) is 72.6 Å². The highest BCUT2D eigenvalue weighted by Gasteiger charge is 2.45. The number of imide groups is 1. The third-order valence-electron chi connectivity index (χ3n) is 17.2. The van der Waals surface area contributed by atoms with Gasteiger partial charge in [-0.3, -0.25) is 71.6 Å². The molecular weight excluding hydrogens is 1370 g/mol. The highest BCUT2D eigenvalue weighted by molar-refractivity contribution is 14.1. The van der Waals surface area contributed by atoms with Gasteiger partial charge in [0.05, 0.1) is 59.5 Å². The summed E-state index contributed by atoms with van der Waals surface area (Å²) in [7, 11) is 4.31. The zero-order chi connectivity index (χ0) is 72.2. The molecule has 11 atom stereocenters. The first kappa shape index (κ1) is 81.4. The van der Waals surface area contributed by atoms with Crippen molar-refractivity contribution in [3.05, 3.63) is 82.8 Å². The molecule has 1 saturated heterocycles. The molecule has 0 radical (unpaired) electrons. The van der Waals surface area contributed by atoms with Crippen LogP contribution in [0, 0.1) is 34.5 Å². The largest absolute Gasteiger partial charge is 0.445 e. The number of amides is 13. The van der Waals surface area contributed by atoms with E-state index >= 15 is 0 Å². The number of hydrazine groups is 1. The number of urea groups is 1. The van der Waals surface area contributed by atoms with Gasteiger partial charge < -0.3 is 51.0 Å². The Hall–Kier alpha value is -8.01. The summed E-state index contributed by atoms with van der Waals surface area (Å²) < 4.78 is 19.1. The van der Waals surface area contributed by atoms with Crippen molar-refractivity contribution in [3.63, 3.8) is 0 Å². The van der Waals surface area contributed by atoms with Crippen LogP contribution in [0.25, 0.3) is 0 Å². The van der Waals surface area contributed by atoms with E-state index in [1.165, 1.54) is 48.7 Å². The monoisotopic (exact) mass is 1470 g/mol. The standard InChI is InChI=1S/C66H99IN14O16/c1-13-41(8)56(48(95-11)36-52(85)79-34-20-23-47(79)57(96-12)42(9)59(86)72-46(60(87)77-94)35-43-21-16-14-17-22-43)81(67)64(91)54(39(4)5)74-62(89)55(40(6)7)78(10)66(93)97-37-44-25-27-45(28-26-44)71-63(90)58(69-31-32-70-65(92)76-68)75-61(88)53(38(2)3)73-49(82)24-18-15-19-33-80-50(83)29-30-51(80)84/h14,16-17,21-22,25-30,38-42,46-48,53-58,69H,13,15,18-20,23-24,31-37,68H2,1-12H3,(H,71,90)(H,72,86)(H,73,82)(H,74,89)(H,75,88)(H2,70,76,92)/t41-,42?,46-,47-,48?,53?,54-,55?,56-,57?,58+/m0/s1. The first-order valence-electron chi connectivity index (χ1n) is 32.8. The molecule has 4 rings (SSSR count). The van der Waals surface area contributed by atoms with E-state index in [9.17, 15) is 62.4 Å². The number of ether oxygens (including phenoxy) is 3. The number of halogens is 1. The van der Waals surface area contributed by atoms with Crippen molar-refractivity contribution in [1.82, 2.24) is 55.1 Å². The summed E-state index contributed by atoms with van der Waals surface area (Å²) in [6, 6.07) is 8.68. The minimum absolute atomic E-state index is 0.00713. The molecule has 2 aliphatic rings. The Morgan fingerprint density at radius 1 is 0.742 bits per heavy atom. The van der Waals surface area contributed by atoms with Crippen LogP contribution in [-0.4, -0.2) is 191 Å². The SMILES string of the molecule is CC[C@H](C)[C@@H](C(CC(=O)N1CCC[C@H]1C(OC)C(C)C(=O)N[C@@H](Cc1ccccc1)C(=O)N=O)OC)N(I)C(=O)[C@@H](NC(=O)C(C(C)C)N(C)C(=O)OCc1ccc(NC(=O)[C@H](NCCNC(=O)NN)NC(=O)C(NC(=O)CCCCCN2C(=O)C=CC2=O)C(C)C)cc1)C(C)C. The van der Waals surface area contributed by atoms with Gasteiger partial charge in [0, 0.05) is 83.3 Å². The molecule has 2 aromatic carbocycles. The lowest BCUT2D eigenvalue weighted by atomic mass is 9.90. The van der Waals surface area contributed by atoms with E-state index in [0.717, 1.165) is 9.80 Å². The van der Waals surface area contributed by atoms with Crippen LogP contribution < -0.4 is 48.5 Å². The molecule has 2 aromatic rings. The normalized spacial score (nSPS) is 16.8. The highest BCUT2D eigenvalue weighted by Crippen LogP contribution is 2.32. The molecule has 0 saturated carbocycles. The van der Waals surface area contributed by atoms with Gasteiger partial charge in [-0.25, -0.2) is 15.4 Å². The van der Waals surface area contributed by atoms with Crippen molar-refractivity contribution in [2.24, 2.45) is 40.6 Å². The van der Waals surface area contributed by atoms with E-state index in [2.05, 4.69) is 42.4 Å². The molecule has 0 aliphatic carbocycles. The second-order valence-electron chi connectivity index (χ2n) is 25.3. The van der Waals surface area contributed by atoms with E-state index in [-0.39, 0.29) is 74.8 Å². The van der Waals surface area contributed by atoms with Gasteiger partial charge in [-0.15, -0.1) is 4.91 Å². The third-order valence-corrected chi connectivity index (χ3v) is 18.4. The Kier molecular flexibility index (Phi) is 34.1. The Bertz CT molecular complexity index is 3030. The van der Waals surface area contributed by atoms with Crippen molar-refractivity contribution in [2.75, 3.05) is 52.8 Å². The predicted octanol–water partition coefficient (Wildman–Crippen LogP) is 3.85. The molecule has 97 heavy (non-hydrogen) atoms. The van der Waals surface area contributed by atoms with Crippen molar-refractivity contribution < 1.29 is 71.7 Å². The van der Waals surface area contributed by atoms with Crippen LogP contribution in [0.2, 0.25) is 0 Å². The topological polar surface area (TPSA) is 397 Å². The number of unbranched alkanes of at least 4 members (excludes halogenated alkanes) is 2. The maximum atomic E-state index is 14.8. The predicted molar refractivity (Wildman–Crippen MR) is 367 cm³/mol. The van der Waals surface area contributed by atoms with Gasteiger partial charge in [0.1, 0.15) is 30.8 Å². The Morgan fingerprint density at radius 3 is 1.97 bits per heavy atom. The van der Waals surface area contributed by atoms with Crippen LogP contribution in [0.15, 0.2) is 71.9 Å². The molecule has 0 spiro atoms. The second kappa shape index (κ2) is 40.6. The molecule has 10 N–H and O–H groups in total. The number of carbonyl (C=O) groups is 12. The van der Waals surface area contributed by atoms with Gasteiger partial charge in [0.2, 0.25) is 29.5 Å². The summed E-state index contributed by atoms with van der Waals surface area (Å²) in [4.78, 5) is 175. The van der Waals surface area contributed by atoms with Crippen LogP contribution in [0.3, 0.4) is 0 Å². The first-order valence-corrected chi connectivity index (χ1v) is 33.8. The van der Waals surface area contributed by atoms with Gasteiger partial charge in [-0.2, -0.15) is 0 Å². The van der Waals surface area contributed by atoms with E-state index in [1.54, 1.807) is 95.8 Å². The van der Waals surface area contributed by atoms with Gasteiger partial charge >= 0.3 is 18.0 Å². The van der Waals surface area contributed by atoms with Crippen molar-refractivity contribution in [3.8, 4) is 0 Å². The number of carbonyl (C=O) groups excluding carboxylic acids is 12. The van der Waals surface area contributed by atoms with E-state index in [4.69, 9.17) is 20.1 Å². The van der Waals surface area contributed by atoms with Gasteiger partial charge in [-0.1, -0.05) is 118 Å². The summed E-state index contributed by atoms with van der Waals surface area (Å²) >= 11 is 1.92. The first-order chi connectivity index (χ1) is 46.0. The Morgan fingerprint density at radius 2 is 1.39 bits per heavy atom. The summed E-state index contributed by atoms with van der Waals surface area (Å²) in [5.41, 5.74) is 3.41. The second-order valence-corrected chi connectivity index (χ2v) is 26.3. The van der Waals surface area contributed by atoms with Crippen molar-refractivity contribution >= 4 is 99.7 Å². The zero-order valence-corrected chi connectivity index (χ0v) is 59.7. The molecule has 0 bridgehead atoms. The summed E-state index contributed by atoms with van der Waals surface area (Å²) in [5.74, 6) is -2.86. The van der Waals surface area contributed by atoms with Crippen LogP contribution >= 0.6 is 22.9 Å². The number of benzene rings is 2. The fraction of sp³-hybridized carbons (Fsp3) is 0.606. The number of rotatable bonds is 39. The van der Waals surface area contributed by atoms with Gasteiger partial charge in [0.25, 0.3) is 23.6 Å². The smallest absolute Gasteiger partial charge is 0.410 e. The fourth-order valence-electron chi connectivity index (χ4n) is 11.6. The third kappa shape index (κ3) is 24.5. The lowest BCUT2D eigenvalue weighted by Crippen LogP contribution is -2.59. The number of hydrogen-bond acceptors (Lipinski definition) is 18. The van der Waals surface area contributed by atoms with Crippen LogP contribution in [0.5, 0.6) is 0 Å². The molecule has 1 fully saturated rings. The number of nitrogens with one attached hydrogen (secondary N) is 8. The van der Waals surface area contributed by atoms with Crippen LogP contribution in [0.4, 0.5) is 15.3 Å². The molecule has 536 valence electrons. The lowest BCUT2D eigenvalue weighted by Gasteiger charge is -2.40. The molecule has 2 aliphatic heterocycles. The number of nitroso groups, excluding NO2 is 1. The molecule has 13 amide bonds.